The van der Waals surface area contributed by atoms with Gasteiger partial charge in [-0.2, -0.15) is 0 Å². The Morgan fingerprint density at radius 1 is 1.60 bits per heavy atom. The minimum Gasteiger partial charge on any atom is -0.326 e. The second kappa shape index (κ2) is 5.89. The highest BCUT2D eigenvalue weighted by molar-refractivity contribution is 6.48. The van der Waals surface area contributed by atoms with Gasteiger partial charge >= 0.3 is 0 Å². The van der Waals surface area contributed by atoms with Crippen molar-refractivity contribution in [2.45, 2.75) is 33.2 Å². The van der Waals surface area contributed by atoms with Crippen LogP contribution in [0.4, 0.5) is 0 Å². The van der Waals surface area contributed by atoms with Crippen molar-refractivity contribution in [3.05, 3.63) is 35.2 Å². The maximum atomic E-state index is 6.14. The molecule has 3 heteroatoms. The Labute approximate surface area is 96.2 Å². The Balaban J connectivity index is 3.16. The lowest BCUT2D eigenvalue weighted by Gasteiger charge is -2.08. The normalized spacial score (nSPS) is 11.9. The molecule has 0 aliphatic rings. The highest BCUT2D eigenvalue weighted by Gasteiger charge is 2.07. The lowest BCUT2D eigenvalue weighted by Crippen LogP contribution is -2.02. The highest BCUT2D eigenvalue weighted by atomic mass is 35.5. The maximum Gasteiger partial charge on any atom is 0.0490 e. The van der Waals surface area contributed by atoms with Gasteiger partial charge in [-0.25, -0.2) is 0 Å². The fourth-order valence-corrected chi connectivity index (χ4v) is 1.61. The molecule has 0 aliphatic heterocycles. The molecule has 2 nitrogen and oxygen atoms in total. The summed E-state index contributed by atoms with van der Waals surface area (Å²) < 4.78 is 0. The minimum absolute atomic E-state index is 0.500. The Hall–Kier alpha value is -0.860. The van der Waals surface area contributed by atoms with E-state index in [2.05, 4.69) is 11.9 Å². The zero-order chi connectivity index (χ0) is 11.3. The van der Waals surface area contributed by atoms with Crippen LogP contribution in [0.15, 0.2) is 18.3 Å². The molecule has 0 bridgehead atoms. The van der Waals surface area contributed by atoms with Crippen molar-refractivity contribution >= 4 is 16.6 Å². The quantitative estimate of drug-likeness (QED) is 0.854. The van der Waals surface area contributed by atoms with Crippen molar-refractivity contribution in [1.82, 2.24) is 4.98 Å². The Morgan fingerprint density at radius 2 is 2.33 bits per heavy atom. The molecular weight excluding hydrogens is 208 g/mol. The van der Waals surface area contributed by atoms with E-state index in [1.807, 2.05) is 25.3 Å². The van der Waals surface area contributed by atoms with Gasteiger partial charge in [0.25, 0.3) is 0 Å². The van der Waals surface area contributed by atoms with Gasteiger partial charge in [0.05, 0.1) is 0 Å². The molecule has 82 valence electrons. The number of aryl methyl sites for hydroxylation is 1. The first-order valence-electron chi connectivity index (χ1n) is 5.23. The van der Waals surface area contributed by atoms with E-state index < -0.39 is 0 Å². The third-order valence-corrected chi connectivity index (χ3v) is 2.68. The summed E-state index contributed by atoms with van der Waals surface area (Å²) in [6.45, 7) is 4.55. The van der Waals surface area contributed by atoms with E-state index in [9.17, 15) is 0 Å². The minimum atomic E-state index is 0.500. The van der Waals surface area contributed by atoms with E-state index in [1.165, 1.54) is 0 Å². The van der Waals surface area contributed by atoms with Crippen molar-refractivity contribution in [1.29, 1.82) is 0 Å². The van der Waals surface area contributed by atoms with Crippen LogP contribution < -0.4 is 5.73 Å². The second-order valence-corrected chi connectivity index (χ2v) is 3.84. The molecule has 0 radical (unpaired) electrons. The summed E-state index contributed by atoms with van der Waals surface area (Å²) in [6, 6.07) is 2.03. The number of aromatic nitrogens is 1. The van der Waals surface area contributed by atoms with Crippen LogP contribution in [0.3, 0.4) is 0 Å². The maximum absolute atomic E-state index is 6.14. The molecule has 1 aromatic rings. The van der Waals surface area contributed by atoms with Gasteiger partial charge < -0.3 is 5.73 Å². The average molecular weight is 225 g/mol. The number of hydrogen-bond donors (Lipinski definition) is 1. The summed E-state index contributed by atoms with van der Waals surface area (Å²) >= 11 is 6.14. The van der Waals surface area contributed by atoms with Crippen LogP contribution in [-0.2, 0) is 13.0 Å². The lowest BCUT2D eigenvalue weighted by molar-refractivity contribution is 0.872. The van der Waals surface area contributed by atoms with E-state index in [0.717, 1.165) is 34.7 Å². The lowest BCUT2D eigenvalue weighted by atomic mass is 10.1. The third kappa shape index (κ3) is 3.05. The third-order valence-electron chi connectivity index (χ3n) is 2.26. The standard InChI is InChI=1S/C12H17ClN2/c1-3-5-12-10(11(13)4-2)6-9(7-14)8-15-12/h4,6,8H,3,5,7,14H2,1-2H3/b11-4+. The number of nitrogens with two attached hydrogens (primary N) is 1. The summed E-state index contributed by atoms with van der Waals surface area (Å²) in [5.41, 5.74) is 8.67. The van der Waals surface area contributed by atoms with Gasteiger partial charge in [0.1, 0.15) is 0 Å². The first kappa shape index (κ1) is 12.2. The van der Waals surface area contributed by atoms with E-state index in [4.69, 9.17) is 17.3 Å². The molecule has 0 spiro atoms. The zero-order valence-electron chi connectivity index (χ0n) is 9.26. The number of rotatable bonds is 4. The molecule has 15 heavy (non-hydrogen) atoms. The predicted octanol–water partition coefficient (Wildman–Crippen LogP) is 3.09. The molecule has 0 fully saturated rings. The van der Waals surface area contributed by atoms with Gasteiger partial charge in [-0.3, -0.25) is 4.98 Å². The molecule has 0 atom stereocenters. The summed E-state index contributed by atoms with van der Waals surface area (Å²) in [5, 5.41) is 0.751. The summed E-state index contributed by atoms with van der Waals surface area (Å²) in [4.78, 5) is 4.40. The SMILES string of the molecule is C/C=C(/Cl)c1cc(CN)cnc1CCC. The molecule has 0 amide bonds. The molecular formula is C12H17ClN2. The van der Waals surface area contributed by atoms with Crippen LogP contribution in [0.2, 0.25) is 0 Å². The molecule has 0 unspecified atom stereocenters. The van der Waals surface area contributed by atoms with Crippen molar-refractivity contribution in [2.24, 2.45) is 5.73 Å². The first-order valence-corrected chi connectivity index (χ1v) is 5.60. The molecule has 0 aromatic carbocycles. The van der Waals surface area contributed by atoms with E-state index in [0.29, 0.717) is 6.54 Å². The highest BCUT2D eigenvalue weighted by Crippen LogP contribution is 2.23. The average Bonchev–Trinajstić information content (AvgIpc) is 2.29. The molecule has 1 rings (SSSR count). The summed E-state index contributed by atoms with van der Waals surface area (Å²) in [6.07, 6.45) is 5.73. The van der Waals surface area contributed by atoms with Gasteiger partial charge in [-0.15, -0.1) is 0 Å². The van der Waals surface area contributed by atoms with Crippen LogP contribution in [-0.4, -0.2) is 4.98 Å². The Bertz CT molecular complexity index is 359. The molecule has 2 N–H and O–H groups in total. The van der Waals surface area contributed by atoms with E-state index in [-0.39, 0.29) is 0 Å². The molecule has 0 saturated carbocycles. The van der Waals surface area contributed by atoms with E-state index in [1.54, 1.807) is 0 Å². The van der Waals surface area contributed by atoms with Crippen molar-refractivity contribution in [3.63, 3.8) is 0 Å². The second-order valence-electron chi connectivity index (χ2n) is 3.43. The van der Waals surface area contributed by atoms with Crippen molar-refractivity contribution < 1.29 is 0 Å². The van der Waals surface area contributed by atoms with Crippen LogP contribution in [0.1, 0.15) is 37.1 Å². The first-order chi connectivity index (χ1) is 7.22. The number of halogens is 1. The Kier molecular flexibility index (Phi) is 4.79. The fraction of sp³-hybridized carbons (Fsp3) is 0.417. The van der Waals surface area contributed by atoms with Gasteiger partial charge in [0.2, 0.25) is 0 Å². The smallest absolute Gasteiger partial charge is 0.0490 e. The monoisotopic (exact) mass is 224 g/mol. The topological polar surface area (TPSA) is 38.9 Å². The largest absolute Gasteiger partial charge is 0.326 e. The van der Waals surface area contributed by atoms with Crippen LogP contribution in [0.25, 0.3) is 5.03 Å². The number of allylic oxidation sites excluding steroid dienone is 1. The van der Waals surface area contributed by atoms with Crippen LogP contribution in [0, 0.1) is 0 Å². The number of nitrogens with zero attached hydrogens (tertiary/aromatic N) is 1. The van der Waals surface area contributed by atoms with Crippen molar-refractivity contribution in [3.8, 4) is 0 Å². The number of pyridine rings is 1. The van der Waals surface area contributed by atoms with Gasteiger partial charge in [-0.05, 0) is 25.0 Å². The van der Waals surface area contributed by atoms with Gasteiger partial charge in [0, 0.05) is 29.0 Å². The zero-order valence-corrected chi connectivity index (χ0v) is 10.0. The summed E-state index contributed by atoms with van der Waals surface area (Å²) in [7, 11) is 0. The van der Waals surface area contributed by atoms with Gasteiger partial charge in [0.15, 0.2) is 0 Å². The van der Waals surface area contributed by atoms with E-state index >= 15 is 0 Å². The molecule has 0 saturated heterocycles. The predicted molar refractivity (Wildman–Crippen MR) is 65.6 cm³/mol. The number of hydrogen-bond acceptors (Lipinski definition) is 2. The van der Waals surface area contributed by atoms with Crippen LogP contribution in [0.5, 0.6) is 0 Å². The van der Waals surface area contributed by atoms with Crippen LogP contribution >= 0.6 is 11.6 Å². The van der Waals surface area contributed by atoms with Gasteiger partial charge in [-0.1, -0.05) is 31.0 Å². The Morgan fingerprint density at radius 3 is 2.87 bits per heavy atom. The van der Waals surface area contributed by atoms with Crippen molar-refractivity contribution in [2.75, 3.05) is 0 Å². The molecule has 0 aliphatic carbocycles. The summed E-state index contributed by atoms with van der Waals surface area (Å²) in [5.74, 6) is 0. The molecule has 1 heterocycles. The molecule has 1 aromatic heterocycles. The fourth-order valence-electron chi connectivity index (χ4n) is 1.45.